The lowest BCUT2D eigenvalue weighted by Gasteiger charge is -2.15. The molecular formula is C25H25N5O2S. The van der Waals surface area contributed by atoms with Crippen LogP contribution in [0.4, 0.5) is 5.69 Å². The van der Waals surface area contributed by atoms with Gasteiger partial charge < -0.3 is 10.1 Å². The van der Waals surface area contributed by atoms with Gasteiger partial charge in [-0.05, 0) is 68.3 Å². The average molecular weight is 460 g/mol. The summed E-state index contributed by atoms with van der Waals surface area (Å²) in [7, 11) is 1.60. The van der Waals surface area contributed by atoms with E-state index in [1.165, 1.54) is 22.9 Å². The van der Waals surface area contributed by atoms with E-state index in [9.17, 15) is 4.79 Å². The number of aryl methyl sites for hydroxylation is 2. The summed E-state index contributed by atoms with van der Waals surface area (Å²) in [5.74, 6) is 1.25. The highest BCUT2D eigenvalue weighted by Gasteiger charge is 2.22. The minimum Gasteiger partial charge on any atom is -0.497 e. The van der Waals surface area contributed by atoms with E-state index in [1.807, 2.05) is 47.9 Å². The number of carbonyl (C=O) groups excluding carboxylic acids is 1. The smallest absolute Gasteiger partial charge is 0.237 e. The summed E-state index contributed by atoms with van der Waals surface area (Å²) in [4.78, 5) is 17.0. The number of ether oxygens (including phenoxy) is 1. The van der Waals surface area contributed by atoms with Gasteiger partial charge in [0.25, 0.3) is 0 Å². The Morgan fingerprint density at radius 1 is 1.03 bits per heavy atom. The molecular weight excluding hydrogens is 434 g/mol. The van der Waals surface area contributed by atoms with Crippen LogP contribution < -0.4 is 10.1 Å². The molecule has 1 unspecified atom stereocenters. The molecule has 4 aromatic rings. The molecule has 0 fully saturated rings. The van der Waals surface area contributed by atoms with Crippen LogP contribution in [0.5, 0.6) is 5.75 Å². The van der Waals surface area contributed by atoms with Crippen LogP contribution in [0.1, 0.15) is 18.1 Å². The molecule has 7 nitrogen and oxygen atoms in total. The van der Waals surface area contributed by atoms with Gasteiger partial charge in [0.1, 0.15) is 5.75 Å². The minimum absolute atomic E-state index is 0.131. The standard InChI is InChI=1S/C25H25N5O2S/c1-16-8-9-21(14-17(16)2)30-23(19-10-12-26-13-11-19)28-29-25(30)33-18(3)24(31)27-20-6-5-7-22(15-20)32-4/h5-15,18H,1-4H3,(H,27,31). The third kappa shape index (κ3) is 5.06. The van der Waals surface area contributed by atoms with E-state index in [4.69, 9.17) is 4.74 Å². The van der Waals surface area contributed by atoms with Crippen molar-refractivity contribution in [3.05, 3.63) is 78.1 Å². The predicted molar refractivity (Wildman–Crippen MR) is 131 cm³/mol. The number of hydrogen-bond acceptors (Lipinski definition) is 6. The van der Waals surface area contributed by atoms with Crippen LogP contribution in [-0.4, -0.2) is 38.0 Å². The molecule has 0 aliphatic rings. The fourth-order valence-corrected chi connectivity index (χ4v) is 4.16. The fourth-order valence-electron chi connectivity index (χ4n) is 3.29. The maximum atomic E-state index is 12.9. The van der Waals surface area contributed by atoms with Gasteiger partial charge in [0.15, 0.2) is 11.0 Å². The lowest BCUT2D eigenvalue weighted by Crippen LogP contribution is -2.22. The first-order valence-electron chi connectivity index (χ1n) is 10.5. The first-order chi connectivity index (χ1) is 16.0. The molecule has 0 saturated carbocycles. The number of pyridine rings is 1. The molecule has 0 spiro atoms. The van der Waals surface area contributed by atoms with Gasteiger partial charge in [-0.2, -0.15) is 0 Å². The number of hydrogen-bond donors (Lipinski definition) is 1. The zero-order valence-corrected chi connectivity index (χ0v) is 19.8. The Kier molecular flexibility index (Phi) is 6.74. The molecule has 8 heteroatoms. The summed E-state index contributed by atoms with van der Waals surface area (Å²) in [5.41, 5.74) is 4.90. The molecule has 2 heterocycles. The lowest BCUT2D eigenvalue weighted by molar-refractivity contribution is -0.115. The Labute approximate surface area is 197 Å². The van der Waals surface area contributed by atoms with E-state index in [0.717, 1.165) is 11.3 Å². The topological polar surface area (TPSA) is 81.9 Å². The second-order valence-electron chi connectivity index (χ2n) is 7.63. The molecule has 0 aliphatic carbocycles. The number of benzene rings is 2. The van der Waals surface area contributed by atoms with Crippen LogP contribution in [0.3, 0.4) is 0 Å². The summed E-state index contributed by atoms with van der Waals surface area (Å²) < 4.78 is 7.23. The van der Waals surface area contributed by atoms with Crippen LogP contribution >= 0.6 is 11.8 Å². The van der Waals surface area contributed by atoms with Crippen molar-refractivity contribution >= 4 is 23.4 Å². The molecule has 168 valence electrons. The minimum atomic E-state index is -0.406. The predicted octanol–water partition coefficient (Wildman–Crippen LogP) is 5.07. The monoisotopic (exact) mass is 459 g/mol. The van der Waals surface area contributed by atoms with Crippen LogP contribution in [0, 0.1) is 13.8 Å². The molecule has 33 heavy (non-hydrogen) atoms. The lowest BCUT2D eigenvalue weighted by atomic mass is 10.1. The van der Waals surface area contributed by atoms with Crippen LogP contribution in [0.25, 0.3) is 17.1 Å². The average Bonchev–Trinajstić information content (AvgIpc) is 3.25. The van der Waals surface area contributed by atoms with Crippen LogP contribution in [0.15, 0.2) is 72.1 Å². The zero-order valence-electron chi connectivity index (χ0n) is 18.9. The van der Waals surface area contributed by atoms with Gasteiger partial charge in [-0.3, -0.25) is 14.3 Å². The van der Waals surface area contributed by atoms with Crippen molar-refractivity contribution in [1.82, 2.24) is 19.7 Å². The Balaban J connectivity index is 1.65. The van der Waals surface area contributed by atoms with Crippen LogP contribution in [0.2, 0.25) is 0 Å². The third-order valence-electron chi connectivity index (χ3n) is 5.31. The molecule has 2 aromatic carbocycles. The first-order valence-corrected chi connectivity index (χ1v) is 11.4. The molecule has 0 aliphatic heterocycles. The van der Waals surface area contributed by atoms with Crippen molar-refractivity contribution in [2.24, 2.45) is 0 Å². The highest BCUT2D eigenvalue weighted by molar-refractivity contribution is 8.00. The van der Waals surface area contributed by atoms with Gasteiger partial charge in [0, 0.05) is 29.7 Å². The molecule has 2 aromatic heterocycles. The number of rotatable bonds is 7. The zero-order chi connectivity index (χ0) is 23.4. The molecule has 0 saturated heterocycles. The van der Waals surface area contributed by atoms with E-state index < -0.39 is 5.25 Å². The number of aromatic nitrogens is 4. The largest absolute Gasteiger partial charge is 0.497 e. The van der Waals surface area contributed by atoms with Crippen molar-refractivity contribution in [1.29, 1.82) is 0 Å². The number of methoxy groups -OCH3 is 1. The van der Waals surface area contributed by atoms with Crippen molar-refractivity contribution < 1.29 is 9.53 Å². The SMILES string of the molecule is COc1cccc(NC(=O)C(C)Sc2nnc(-c3ccncc3)n2-c2ccc(C)c(C)c2)c1. The normalized spacial score (nSPS) is 11.8. The van der Waals surface area contributed by atoms with Gasteiger partial charge in [-0.25, -0.2) is 0 Å². The summed E-state index contributed by atoms with van der Waals surface area (Å²) >= 11 is 1.36. The molecule has 1 atom stereocenters. The Bertz CT molecular complexity index is 1270. The molecule has 4 rings (SSSR count). The molecule has 1 amide bonds. The van der Waals surface area contributed by atoms with E-state index in [-0.39, 0.29) is 5.91 Å². The van der Waals surface area contributed by atoms with Crippen molar-refractivity contribution in [3.8, 4) is 22.8 Å². The Hall–Kier alpha value is -3.65. The third-order valence-corrected chi connectivity index (χ3v) is 6.35. The molecule has 1 N–H and O–H groups in total. The van der Waals surface area contributed by atoms with Crippen molar-refractivity contribution in [2.75, 3.05) is 12.4 Å². The first kappa shape index (κ1) is 22.5. The Morgan fingerprint density at radius 2 is 1.82 bits per heavy atom. The van der Waals surface area contributed by atoms with Gasteiger partial charge in [0.2, 0.25) is 5.91 Å². The van der Waals surface area contributed by atoms with Gasteiger partial charge in [-0.1, -0.05) is 23.9 Å². The van der Waals surface area contributed by atoms with Gasteiger partial charge >= 0.3 is 0 Å². The second kappa shape index (κ2) is 9.87. The molecule has 0 radical (unpaired) electrons. The highest BCUT2D eigenvalue weighted by atomic mass is 32.2. The van der Waals surface area contributed by atoms with E-state index in [1.54, 1.807) is 25.6 Å². The number of amides is 1. The number of thioether (sulfide) groups is 1. The van der Waals surface area contributed by atoms with Crippen LogP contribution in [-0.2, 0) is 4.79 Å². The van der Waals surface area contributed by atoms with Gasteiger partial charge in [-0.15, -0.1) is 10.2 Å². The Morgan fingerprint density at radius 3 is 2.55 bits per heavy atom. The van der Waals surface area contributed by atoms with E-state index in [2.05, 4.69) is 46.5 Å². The summed E-state index contributed by atoms with van der Waals surface area (Å²) in [6.45, 7) is 6.01. The van der Waals surface area contributed by atoms with E-state index in [0.29, 0.717) is 22.4 Å². The summed E-state index contributed by atoms with van der Waals surface area (Å²) in [6.07, 6.45) is 3.46. The summed E-state index contributed by atoms with van der Waals surface area (Å²) in [6, 6.07) is 17.3. The molecule has 0 bridgehead atoms. The summed E-state index contributed by atoms with van der Waals surface area (Å²) in [5, 5.41) is 12.1. The van der Waals surface area contributed by atoms with E-state index >= 15 is 0 Å². The number of carbonyl (C=O) groups is 1. The quantitative estimate of drug-likeness (QED) is 0.389. The second-order valence-corrected chi connectivity index (χ2v) is 8.94. The van der Waals surface area contributed by atoms with Crippen molar-refractivity contribution in [3.63, 3.8) is 0 Å². The number of anilines is 1. The maximum absolute atomic E-state index is 12.9. The fraction of sp³-hybridized carbons (Fsp3) is 0.200. The van der Waals surface area contributed by atoms with Gasteiger partial charge in [0.05, 0.1) is 18.0 Å². The number of nitrogens with zero attached hydrogens (tertiary/aromatic N) is 4. The maximum Gasteiger partial charge on any atom is 0.237 e. The number of nitrogens with one attached hydrogen (secondary N) is 1. The van der Waals surface area contributed by atoms with Crippen molar-refractivity contribution in [2.45, 2.75) is 31.2 Å². The highest BCUT2D eigenvalue weighted by Crippen LogP contribution is 2.31.